The van der Waals surface area contributed by atoms with Crippen LogP contribution in [-0.2, 0) is 9.59 Å². The SMILES string of the molecule is NC(=O)CCC(=O)N/N=C/CCCCO. The van der Waals surface area contributed by atoms with Gasteiger partial charge in [0, 0.05) is 25.7 Å². The van der Waals surface area contributed by atoms with Crippen molar-refractivity contribution in [2.24, 2.45) is 10.8 Å². The van der Waals surface area contributed by atoms with Crippen molar-refractivity contribution >= 4 is 18.0 Å². The number of carbonyl (C=O) groups is 2. The Kier molecular flexibility index (Phi) is 8.27. The summed E-state index contributed by atoms with van der Waals surface area (Å²) in [6, 6.07) is 0. The normalized spacial score (nSPS) is 10.5. The monoisotopic (exact) mass is 215 g/mol. The van der Waals surface area contributed by atoms with Crippen LogP contribution in [0.15, 0.2) is 5.10 Å². The average molecular weight is 215 g/mol. The number of nitrogens with one attached hydrogen (secondary N) is 1. The van der Waals surface area contributed by atoms with Crippen LogP contribution in [0.3, 0.4) is 0 Å². The van der Waals surface area contributed by atoms with E-state index in [0.29, 0.717) is 6.42 Å². The molecule has 0 rings (SSSR count). The van der Waals surface area contributed by atoms with Crippen molar-refractivity contribution in [1.82, 2.24) is 5.43 Å². The lowest BCUT2D eigenvalue weighted by Crippen LogP contribution is -2.20. The zero-order valence-corrected chi connectivity index (χ0v) is 8.61. The average Bonchev–Trinajstić information content (AvgIpc) is 2.20. The molecule has 15 heavy (non-hydrogen) atoms. The van der Waals surface area contributed by atoms with Crippen molar-refractivity contribution in [2.45, 2.75) is 32.1 Å². The van der Waals surface area contributed by atoms with Crippen molar-refractivity contribution in [1.29, 1.82) is 0 Å². The smallest absolute Gasteiger partial charge is 0.240 e. The summed E-state index contributed by atoms with van der Waals surface area (Å²) in [5, 5.41) is 12.1. The van der Waals surface area contributed by atoms with E-state index < -0.39 is 5.91 Å². The molecule has 0 heterocycles. The molecule has 0 aromatic carbocycles. The lowest BCUT2D eigenvalue weighted by atomic mass is 10.2. The predicted molar refractivity (Wildman–Crippen MR) is 56.0 cm³/mol. The highest BCUT2D eigenvalue weighted by Gasteiger charge is 2.01. The van der Waals surface area contributed by atoms with Crippen LogP contribution >= 0.6 is 0 Å². The van der Waals surface area contributed by atoms with Gasteiger partial charge in [0.1, 0.15) is 0 Å². The molecule has 4 N–H and O–H groups in total. The Labute approximate surface area is 88.5 Å². The second-order valence-electron chi connectivity index (χ2n) is 3.03. The molecule has 0 aliphatic heterocycles. The summed E-state index contributed by atoms with van der Waals surface area (Å²) in [6.07, 6.45) is 3.92. The van der Waals surface area contributed by atoms with Gasteiger partial charge in [0.05, 0.1) is 0 Å². The molecular weight excluding hydrogens is 198 g/mol. The van der Waals surface area contributed by atoms with Crippen LogP contribution in [-0.4, -0.2) is 29.7 Å². The predicted octanol–water partition coefficient (Wildman–Crippen LogP) is -0.483. The van der Waals surface area contributed by atoms with E-state index in [4.69, 9.17) is 10.8 Å². The molecule has 6 heteroatoms. The Hall–Kier alpha value is -1.43. The van der Waals surface area contributed by atoms with Crippen molar-refractivity contribution in [3.63, 3.8) is 0 Å². The van der Waals surface area contributed by atoms with Gasteiger partial charge >= 0.3 is 0 Å². The molecule has 0 aromatic heterocycles. The molecule has 0 aliphatic rings. The fraction of sp³-hybridized carbons (Fsp3) is 0.667. The van der Waals surface area contributed by atoms with E-state index in [0.717, 1.165) is 12.8 Å². The number of hydrogen-bond acceptors (Lipinski definition) is 4. The van der Waals surface area contributed by atoms with Gasteiger partial charge in [-0.15, -0.1) is 0 Å². The lowest BCUT2D eigenvalue weighted by Gasteiger charge is -1.96. The third-order valence-corrected chi connectivity index (χ3v) is 1.62. The summed E-state index contributed by atoms with van der Waals surface area (Å²) in [5.41, 5.74) is 7.14. The van der Waals surface area contributed by atoms with Crippen LogP contribution in [0.5, 0.6) is 0 Å². The fourth-order valence-corrected chi connectivity index (χ4v) is 0.822. The number of amides is 2. The zero-order valence-electron chi connectivity index (χ0n) is 8.61. The highest BCUT2D eigenvalue weighted by Crippen LogP contribution is 1.90. The van der Waals surface area contributed by atoms with Crippen LogP contribution in [0.4, 0.5) is 0 Å². The van der Waals surface area contributed by atoms with Crippen molar-refractivity contribution in [3.05, 3.63) is 0 Å². The highest BCUT2D eigenvalue weighted by atomic mass is 16.2. The summed E-state index contributed by atoms with van der Waals surface area (Å²) in [7, 11) is 0. The lowest BCUT2D eigenvalue weighted by molar-refractivity contribution is -0.125. The Morgan fingerprint density at radius 3 is 2.67 bits per heavy atom. The van der Waals surface area contributed by atoms with Gasteiger partial charge in [-0.3, -0.25) is 9.59 Å². The van der Waals surface area contributed by atoms with E-state index in [1.54, 1.807) is 6.21 Å². The van der Waals surface area contributed by atoms with E-state index in [1.165, 1.54) is 0 Å². The number of nitrogens with two attached hydrogens (primary N) is 1. The summed E-state index contributed by atoms with van der Waals surface area (Å²) in [6.45, 7) is 0.165. The van der Waals surface area contributed by atoms with Gasteiger partial charge in [-0.05, 0) is 19.3 Å². The molecule has 0 aliphatic carbocycles. The third-order valence-electron chi connectivity index (χ3n) is 1.62. The number of rotatable bonds is 8. The van der Waals surface area contributed by atoms with Crippen molar-refractivity contribution in [2.75, 3.05) is 6.61 Å². The highest BCUT2D eigenvalue weighted by molar-refractivity contribution is 5.83. The molecular formula is C9H17N3O3. The number of hydrogen-bond donors (Lipinski definition) is 3. The van der Waals surface area contributed by atoms with Crippen molar-refractivity contribution in [3.8, 4) is 0 Å². The third kappa shape index (κ3) is 10.5. The standard InChI is InChI=1S/C9H17N3O3/c10-8(14)4-5-9(15)12-11-6-2-1-3-7-13/h6,13H,1-5,7H2,(H2,10,14)(H,12,15)/b11-6+. The number of aliphatic hydroxyl groups excluding tert-OH is 1. The first kappa shape index (κ1) is 13.6. The molecule has 0 unspecified atom stereocenters. The Morgan fingerprint density at radius 1 is 1.33 bits per heavy atom. The summed E-state index contributed by atoms with van der Waals surface area (Å²) < 4.78 is 0. The van der Waals surface area contributed by atoms with E-state index in [1.807, 2.05) is 0 Å². The Balaban J connectivity index is 3.40. The minimum Gasteiger partial charge on any atom is -0.396 e. The van der Waals surface area contributed by atoms with Crippen molar-refractivity contribution < 1.29 is 14.7 Å². The molecule has 86 valence electrons. The van der Waals surface area contributed by atoms with Gasteiger partial charge < -0.3 is 10.8 Å². The molecule has 0 fully saturated rings. The Bertz CT molecular complexity index is 229. The molecule has 0 aromatic rings. The first-order chi connectivity index (χ1) is 7.16. The molecule has 2 amide bonds. The van der Waals surface area contributed by atoms with Gasteiger partial charge in [0.15, 0.2) is 0 Å². The molecule has 0 spiro atoms. The number of carbonyl (C=O) groups excluding carboxylic acids is 2. The van der Waals surface area contributed by atoms with Gasteiger partial charge in [-0.2, -0.15) is 5.10 Å². The van der Waals surface area contributed by atoms with Crippen LogP contribution < -0.4 is 11.2 Å². The maximum atomic E-state index is 11.0. The molecule has 0 saturated heterocycles. The quantitative estimate of drug-likeness (QED) is 0.289. The molecule has 0 bridgehead atoms. The van der Waals surface area contributed by atoms with E-state index in [-0.39, 0.29) is 25.4 Å². The topological polar surface area (TPSA) is 105 Å². The van der Waals surface area contributed by atoms with Crippen LogP contribution in [0.25, 0.3) is 0 Å². The minimum atomic E-state index is -0.503. The summed E-state index contributed by atoms with van der Waals surface area (Å²) in [4.78, 5) is 21.3. The number of primary amides is 1. The first-order valence-corrected chi connectivity index (χ1v) is 4.86. The molecule has 6 nitrogen and oxygen atoms in total. The number of nitrogens with zero attached hydrogens (tertiary/aromatic N) is 1. The van der Waals surface area contributed by atoms with Crippen LogP contribution in [0.1, 0.15) is 32.1 Å². The first-order valence-electron chi connectivity index (χ1n) is 4.86. The van der Waals surface area contributed by atoms with Gasteiger partial charge in [-0.25, -0.2) is 5.43 Å². The fourth-order valence-electron chi connectivity index (χ4n) is 0.822. The number of hydrazone groups is 1. The number of aliphatic hydroxyl groups is 1. The van der Waals surface area contributed by atoms with E-state index in [2.05, 4.69) is 10.5 Å². The van der Waals surface area contributed by atoms with Gasteiger partial charge in [0.25, 0.3) is 0 Å². The maximum Gasteiger partial charge on any atom is 0.240 e. The van der Waals surface area contributed by atoms with Crippen LogP contribution in [0, 0.1) is 0 Å². The second kappa shape index (κ2) is 9.14. The number of unbranched alkanes of at least 4 members (excludes halogenated alkanes) is 2. The molecule has 0 saturated carbocycles. The summed E-state index contributed by atoms with van der Waals surface area (Å²) in [5.74, 6) is -0.829. The molecule has 0 radical (unpaired) electrons. The minimum absolute atomic E-state index is 0.0336. The largest absolute Gasteiger partial charge is 0.396 e. The Morgan fingerprint density at radius 2 is 2.07 bits per heavy atom. The van der Waals surface area contributed by atoms with Gasteiger partial charge in [0.2, 0.25) is 11.8 Å². The van der Waals surface area contributed by atoms with Crippen LogP contribution in [0.2, 0.25) is 0 Å². The second-order valence-corrected chi connectivity index (χ2v) is 3.03. The van der Waals surface area contributed by atoms with E-state index >= 15 is 0 Å². The maximum absolute atomic E-state index is 11.0. The zero-order chi connectivity index (χ0) is 11.5. The van der Waals surface area contributed by atoms with E-state index in [9.17, 15) is 9.59 Å². The summed E-state index contributed by atoms with van der Waals surface area (Å²) >= 11 is 0. The molecule has 0 atom stereocenters. The van der Waals surface area contributed by atoms with Gasteiger partial charge in [-0.1, -0.05) is 0 Å².